The van der Waals surface area contributed by atoms with Gasteiger partial charge in [0.1, 0.15) is 16.6 Å². The van der Waals surface area contributed by atoms with Crippen molar-refractivity contribution >= 4 is 48.1 Å². The van der Waals surface area contributed by atoms with Crippen LogP contribution in [0.1, 0.15) is 12.5 Å². The molecule has 1 aromatic rings. The van der Waals surface area contributed by atoms with Crippen molar-refractivity contribution in [3.63, 3.8) is 0 Å². The van der Waals surface area contributed by atoms with E-state index in [0.717, 1.165) is 6.07 Å². The van der Waals surface area contributed by atoms with Crippen molar-refractivity contribution in [2.24, 2.45) is 5.92 Å². The van der Waals surface area contributed by atoms with Crippen LogP contribution in [-0.2, 0) is 19.7 Å². The molecule has 2 N–H and O–H groups in total. The second-order valence-corrected chi connectivity index (χ2v) is 6.76. The molecule has 0 aliphatic rings. The molecule has 0 heterocycles. The molecule has 1 atom stereocenters. The number of hydrogen-bond donors (Lipinski definition) is 2. The second-order valence-electron chi connectivity index (χ2n) is 4.31. The minimum Gasteiger partial charge on any atom is -0.495 e. The average molecular weight is 427 g/mol. The zero-order valence-electron chi connectivity index (χ0n) is 11.5. The highest BCUT2D eigenvalue weighted by molar-refractivity contribution is 14.1. The van der Waals surface area contributed by atoms with Crippen molar-refractivity contribution in [2.75, 3.05) is 12.4 Å². The highest BCUT2D eigenvalue weighted by Gasteiger charge is 2.22. The van der Waals surface area contributed by atoms with Crippen molar-refractivity contribution in [2.45, 2.75) is 18.7 Å². The summed E-state index contributed by atoms with van der Waals surface area (Å²) in [5.41, 5.74) is 0.457. The van der Waals surface area contributed by atoms with E-state index >= 15 is 0 Å². The minimum absolute atomic E-state index is 0.0645. The van der Waals surface area contributed by atoms with E-state index < -0.39 is 21.9 Å². The Balaban J connectivity index is 3.24. The Morgan fingerprint density at radius 3 is 2.38 bits per heavy atom. The predicted molar refractivity (Wildman–Crippen MR) is 84.4 cm³/mol. The second kappa shape index (κ2) is 6.71. The summed E-state index contributed by atoms with van der Waals surface area (Å²) in [4.78, 5) is 22.7. The molecule has 1 unspecified atom stereocenters. The van der Waals surface area contributed by atoms with E-state index in [0.29, 0.717) is 0 Å². The molecule has 0 aliphatic carbocycles. The van der Waals surface area contributed by atoms with E-state index in [1.165, 1.54) is 49.6 Å². The van der Waals surface area contributed by atoms with Gasteiger partial charge in [0.05, 0.1) is 12.8 Å². The average Bonchev–Trinajstić information content (AvgIpc) is 2.36. The van der Waals surface area contributed by atoms with Gasteiger partial charge < -0.3 is 10.1 Å². The predicted octanol–water partition coefficient (Wildman–Crippen LogP) is 1.79. The Morgan fingerprint density at radius 2 is 1.95 bits per heavy atom. The number of halogens is 1. The van der Waals surface area contributed by atoms with Crippen LogP contribution in [0.4, 0.5) is 5.69 Å². The molecule has 0 bridgehead atoms. The molecule has 0 saturated heterocycles. The number of nitrogens with one attached hydrogen (secondary N) is 1. The van der Waals surface area contributed by atoms with Crippen molar-refractivity contribution in [3.8, 4) is 5.75 Å². The van der Waals surface area contributed by atoms with Crippen LogP contribution in [0.15, 0.2) is 17.0 Å². The van der Waals surface area contributed by atoms with Gasteiger partial charge in [-0.15, -0.1) is 0 Å². The molecule has 0 aliphatic heterocycles. The maximum atomic E-state index is 11.9. The highest BCUT2D eigenvalue weighted by Crippen LogP contribution is 2.31. The topological polar surface area (TPSA) is 110 Å². The molecule has 0 aromatic heterocycles. The van der Waals surface area contributed by atoms with Crippen LogP contribution in [0, 0.1) is 12.8 Å². The van der Waals surface area contributed by atoms with Gasteiger partial charge in [-0.3, -0.25) is 14.1 Å². The molecule has 116 valence electrons. The summed E-state index contributed by atoms with van der Waals surface area (Å²) in [7, 11) is -3.10. The third kappa shape index (κ3) is 4.38. The first-order chi connectivity index (χ1) is 9.57. The normalized spacial score (nSPS) is 12.6. The lowest BCUT2D eigenvalue weighted by molar-refractivity contribution is -0.125. The van der Waals surface area contributed by atoms with Crippen molar-refractivity contribution in [3.05, 3.63) is 17.7 Å². The van der Waals surface area contributed by atoms with Crippen LogP contribution in [0.25, 0.3) is 0 Å². The summed E-state index contributed by atoms with van der Waals surface area (Å²) in [5, 5.41) is 2.50. The monoisotopic (exact) mass is 427 g/mol. The quantitative estimate of drug-likeness (QED) is 0.321. The summed E-state index contributed by atoms with van der Waals surface area (Å²) >= 11 is 1.52. The molecule has 1 aromatic carbocycles. The van der Waals surface area contributed by atoms with Gasteiger partial charge in [0.25, 0.3) is 10.1 Å². The van der Waals surface area contributed by atoms with E-state index in [9.17, 15) is 18.0 Å². The molecular weight excluding hydrogens is 413 g/mol. The lowest BCUT2D eigenvalue weighted by atomic mass is 10.1. The van der Waals surface area contributed by atoms with Crippen LogP contribution in [-0.4, -0.2) is 29.8 Å². The number of carbonyl (C=O) groups excluding carboxylic acids is 2. The molecule has 0 saturated carbocycles. The molecular formula is C12H14INO6S. The molecule has 0 spiro atoms. The number of methoxy groups -OCH3 is 1. The number of hydrogen-bond acceptors (Lipinski definition) is 5. The third-order valence-corrected chi connectivity index (χ3v) is 4.70. The van der Waals surface area contributed by atoms with Crippen LogP contribution >= 0.6 is 22.6 Å². The van der Waals surface area contributed by atoms with Crippen molar-refractivity contribution < 1.29 is 27.3 Å². The summed E-state index contributed by atoms with van der Waals surface area (Å²) in [6, 6.07) is 2.46. The molecule has 21 heavy (non-hydrogen) atoms. The van der Waals surface area contributed by atoms with Crippen LogP contribution < -0.4 is 10.1 Å². The lowest BCUT2D eigenvalue weighted by Gasteiger charge is -2.14. The van der Waals surface area contributed by atoms with Gasteiger partial charge >= 0.3 is 0 Å². The summed E-state index contributed by atoms with van der Waals surface area (Å²) in [5.74, 6) is -1.32. The summed E-state index contributed by atoms with van der Waals surface area (Å²) < 4.78 is 36.2. The fourth-order valence-corrected chi connectivity index (χ4v) is 2.56. The number of aryl methyl sites for hydroxylation is 1. The van der Waals surface area contributed by atoms with Crippen molar-refractivity contribution in [1.82, 2.24) is 0 Å². The fourth-order valence-electron chi connectivity index (χ4n) is 1.56. The first-order valence-electron chi connectivity index (χ1n) is 5.74. The number of amides is 1. The van der Waals surface area contributed by atoms with Crippen LogP contribution in [0.5, 0.6) is 5.75 Å². The molecule has 7 nitrogen and oxygen atoms in total. The molecule has 1 rings (SSSR count). The zero-order valence-corrected chi connectivity index (χ0v) is 14.5. The maximum absolute atomic E-state index is 11.9. The Labute approximate surface area is 135 Å². The Hall–Kier alpha value is -1.20. The summed E-state index contributed by atoms with van der Waals surface area (Å²) in [6.45, 7) is 2.92. The molecule has 1 amide bonds. The van der Waals surface area contributed by atoms with Crippen molar-refractivity contribution in [1.29, 1.82) is 0 Å². The number of ether oxygens (including phenoxy) is 1. The van der Waals surface area contributed by atoms with Gasteiger partial charge in [-0.1, -0.05) is 0 Å². The van der Waals surface area contributed by atoms with Gasteiger partial charge in [0, 0.05) is 28.7 Å². The van der Waals surface area contributed by atoms with Gasteiger partial charge in [0.15, 0.2) is 0 Å². The fraction of sp³-hybridized carbons (Fsp3) is 0.333. The van der Waals surface area contributed by atoms with E-state index in [1.807, 2.05) is 0 Å². The zero-order chi connectivity index (χ0) is 16.4. The largest absolute Gasteiger partial charge is 0.495 e. The minimum atomic E-state index is -4.39. The SMILES string of the molecule is COc1cc(S(=O)(=O)O)c(C)cc1NC(=O)C(C)C(=O)I. The van der Waals surface area contributed by atoms with E-state index in [2.05, 4.69) is 5.32 Å². The number of benzene rings is 1. The number of carbonyl (C=O) groups is 2. The van der Waals surface area contributed by atoms with E-state index in [1.54, 1.807) is 0 Å². The number of rotatable bonds is 5. The van der Waals surface area contributed by atoms with Gasteiger partial charge in [0.2, 0.25) is 9.70 Å². The molecule has 0 radical (unpaired) electrons. The van der Waals surface area contributed by atoms with E-state index in [-0.39, 0.29) is 25.7 Å². The van der Waals surface area contributed by atoms with Crippen LogP contribution in [0.3, 0.4) is 0 Å². The highest BCUT2D eigenvalue weighted by atomic mass is 127. The molecule has 0 fully saturated rings. The third-order valence-electron chi connectivity index (χ3n) is 2.77. The van der Waals surface area contributed by atoms with Gasteiger partial charge in [-0.05, 0) is 25.5 Å². The molecule has 9 heteroatoms. The first kappa shape index (κ1) is 17.9. The standard InChI is InChI=1S/C12H14INO6S/c1-6-4-8(14-12(16)7(2)11(13)15)9(20-3)5-10(6)21(17,18)19/h4-5,7H,1-3H3,(H,14,16)(H,17,18,19). The Morgan fingerprint density at radius 1 is 1.38 bits per heavy atom. The smallest absolute Gasteiger partial charge is 0.294 e. The van der Waals surface area contributed by atoms with Gasteiger partial charge in [-0.25, -0.2) is 0 Å². The lowest BCUT2D eigenvalue weighted by Crippen LogP contribution is -2.24. The first-order valence-corrected chi connectivity index (χ1v) is 8.26. The summed E-state index contributed by atoms with van der Waals surface area (Å²) in [6.07, 6.45) is 0. The van der Waals surface area contributed by atoms with E-state index in [4.69, 9.17) is 9.29 Å². The number of anilines is 1. The maximum Gasteiger partial charge on any atom is 0.294 e. The van der Waals surface area contributed by atoms with Gasteiger partial charge in [-0.2, -0.15) is 8.42 Å². The Kier molecular flexibility index (Phi) is 5.70. The Bertz CT molecular complexity index is 685. The van der Waals surface area contributed by atoms with Crippen LogP contribution in [0.2, 0.25) is 0 Å².